The Kier molecular flexibility index (Phi) is 3.68. The summed E-state index contributed by atoms with van der Waals surface area (Å²) in [4.78, 5) is 34.8. The molecule has 1 aliphatic rings. The fourth-order valence-corrected chi connectivity index (χ4v) is 3.24. The zero-order chi connectivity index (χ0) is 18.4. The molecule has 0 atom stereocenters. The number of methoxy groups -OCH3 is 1. The van der Waals surface area contributed by atoms with Crippen molar-refractivity contribution in [1.29, 1.82) is 0 Å². The topological polar surface area (TPSA) is 89.7 Å². The quantitative estimate of drug-likeness (QED) is 0.653. The number of hydrogen-bond acceptors (Lipinski definition) is 6. The zero-order valence-electron chi connectivity index (χ0n) is 14.7. The highest BCUT2D eigenvalue weighted by Gasteiger charge is 2.29. The van der Waals surface area contributed by atoms with Crippen molar-refractivity contribution in [2.24, 2.45) is 0 Å². The summed E-state index contributed by atoms with van der Waals surface area (Å²) in [6.07, 6.45) is 0.662. The first-order valence-electron chi connectivity index (χ1n) is 8.22. The van der Waals surface area contributed by atoms with Crippen LogP contribution in [0.3, 0.4) is 0 Å². The first kappa shape index (κ1) is 16.2. The van der Waals surface area contributed by atoms with Gasteiger partial charge in [-0.2, -0.15) is 4.98 Å². The molecule has 0 N–H and O–H groups in total. The lowest BCUT2D eigenvalue weighted by Crippen LogP contribution is -2.29. The summed E-state index contributed by atoms with van der Waals surface area (Å²) in [5, 5.41) is 4.31. The molecule has 26 heavy (non-hydrogen) atoms. The van der Waals surface area contributed by atoms with Gasteiger partial charge in [-0.25, -0.2) is 14.3 Å². The smallest absolute Gasteiger partial charge is 0.337 e. The number of carbonyl (C=O) groups is 2. The van der Waals surface area contributed by atoms with Gasteiger partial charge in [0.25, 0.3) is 11.7 Å². The maximum Gasteiger partial charge on any atom is 0.337 e. The van der Waals surface area contributed by atoms with E-state index in [-0.39, 0.29) is 11.7 Å². The average molecular weight is 351 g/mol. The molecule has 1 aliphatic heterocycles. The highest BCUT2D eigenvalue weighted by Crippen LogP contribution is 2.30. The van der Waals surface area contributed by atoms with Crippen molar-refractivity contribution in [3.63, 3.8) is 0 Å². The van der Waals surface area contributed by atoms with E-state index >= 15 is 0 Å². The van der Waals surface area contributed by atoms with Crippen LogP contribution in [0.1, 0.15) is 37.9 Å². The number of aromatic nitrogens is 4. The van der Waals surface area contributed by atoms with Crippen molar-refractivity contribution < 1.29 is 14.3 Å². The molecule has 0 radical (unpaired) electrons. The summed E-state index contributed by atoms with van der Waals surface area (Å²) in [5.74, 6) is -0.156. The summed E-state index contributed by atoms with van der Waals surface area (Å²) < 4.78 is 6.31. The van der Waals surface area contributed by atoms with Crippen LogP contribution in [0.5, 0.6) is 0 Å². The minimum absolute atomic E-state index is 0.107. The van der Waals surface area contributed by atoms with Crippen molar-refractivity contribution in [3.8, 4) is 0 Å². The van der Waals surface area contributed by atoms with Crippen molar-refractivity contribution in [1.82, 2.24) is 19.6 Å². The Morgan fingerprint density at radius 3 is 2.73 bits per heavy atom. The molecule has 3 heterocycles. The summed E-state index contributed by atoms with van der Waals surface area (Å²) in [6.45, 7) is 4.28. The molecule has 132 valence electrons. The summed E-state index contributed by atoms with van der Waals surface area (Å²) >= 11 is 0. The largest absolute Gasteiger partial charge is 0.465 e. The monoisotopic (exact) mass is 351 g/mol. The standard InChI is InChI=1S/C18H17N5O3/c1-10-8-11(2)23-18(19-10)20-15(21-23)16(24)22-7-6-12-9-13(17(25)26-3)4-5-14(12)22/h4-5,8-9H,6-7H2,1-3H3. The summed E-state index contributed by atoms with van der Waals surface area (Å²) in [6, 6.07) is 7.06. The third-order valence-electron chi connectivity index (χ3n) is 4.45. The molecular formula is C18H17N5O3. The van der Waals surface area contributed by atoms with Crippen LogP contribution in [0, 0.1) is 13.8 Å². The van der Waals surface area contributed by atoms with Crippen molar-refractivity contribution in [2.75, 3.05) is 18.6 Å². The Bertz CT molecular complexity index is 1060. The predicted molar refractivity (Wildman–Crippen MR) is 93.4 cm³/mol. The van der Waals surface area contributed by atoms with E-state index in [1.807, 2.05) is 19.9 Å². The lowest BCUT2D eigenvalue weighted by atomic mass is 10.1. The number of anilines is 1. The highest BCUT2D eigenvalue weighted by molar-refractivity contribution is 6.05. The number of esters is 1. The van der Waals surface area contributed by atoms with Gasteiger partial charge in [-0.1, -0.05) is 0 Å². The molecule has 8 nitrogen and oxygen atoms in total. The minimum Gasteiger partial charge on any atom is -0.465 e. The normalized spacial score (nSPS) is 13.1. The Balaban J connectivity index is 1.69. The summed E-state index contributed by atoms with van der Waals surface area (Å²) in [7, 11) is 1.35. The van der Waals surface area contributed by atoms with E-state index in [4.69, 9.17) is 4.74 Å². The lowest BCUT2D eigenvalue weighted by molar-refractivity contribution is 0.0600. The van der Waals surface area contributed by atoms with E-state index in [9.17, 15) is 9.59 Å². The van der Waals surface area contributed by atoms with Crippen molar-refractivity contribution >= 4 is 23.3 Å². The Hall–Kier alpha value is -3.29. The Morgan fingerprint density at radius 1 is 1.15 bits per heavy atom. The number of benzene rings is 1. The molecule has 1 aromatic carbocycles. The second kappa shape index (κ2) is 5.91. The molecule has 3 aromatic rings. The van der Waals surface area contributed by atoms with E-state index in [2.05, 4.69) is 15.1 Å². The van der Waals surface area contributed by atoms with Crippen LogP contribution in [0.25, 0.3) is 5.78 Å². The van der Waals surface area contributed by atoms with Crippen LogP contribution in [0.2, 0.25) is 0 Å². The maximum atomic E-state index is 12.9. The van der Waals surface area contributed by atoms with Gasteiger partial charge in [0.15, 0.2) is 0 Å². The summed E-state index contributed by atoms with van der Waals surface area (Å²) in [5.41, 5.74) is 3.85. The molecule has 0 aliphatic carbocycles. The van der Waals surface area contributed by atoms with Crippen LogP contribution in [-0.2, 0) is 11.2 Å². The van der Waals surface area contributed by atoms with Gasteiger partial charge in [-0.05, 0) is 50.1 Å². The lowest BCUT2D eigenvalue weighted by Gasteiger charge is -2.15. The molecular weight excluding hydrogens is 334 g/mol. The van der Waals surface area contributed by atoms with Crippen LogP contribution in [0.4, 0.5) is 5.69 Å². The molecule has 2 aromatic heterocycles. The number of aryl methyl sites for hydroxylation is 2. The van der Waals surface area contributed by atoms with E-state index in [1.165, 1.54) is 7.11 Å². The molecule has 0 unspecified atom stereocenters. The number of hydrogen-bond donors (Lipinski definition) is 0. The number of ether oxygens (including phenoxy) is 1. The first-order chi connectivity index (χ1) is 12.5. The second-order valence-corrected chi connectivity index (χ2v) is 6.23. The van der Waals surface area contributed by atoms with Crippen molar-refractivity contribution in [3.05, 3.63) is 52.6 Å². The molecule has 0 saturated heterocycles. The van der Waals surface area contributed by atoms with Gasteiger partial charge in [0.2, 0.25) is 5.82 Å². The fourth-order valence-electron chi connectivity index (χ4n) is 3.24. The molecule has 0 fully saturated rings. The van der Waals surface area contributed by atoms with Crippen LogP contribution < -0.4 is 4.90 Å². The van der Waals surface area contributed by atoms with Crippen LogP contribution >= 0.6 is 0 Å². The number of carbonyl (C=O) groups excluding carboxylic acids is 2. The SMILES string of the molecule is COC(=O)c1ccc2c(c1)CCN2C(=O)c1nc2nc(C)cc(C)n2n1. The molecule has 0 bridgehead atoms. The van der Waals surface area contributed by atoms with Gasteiger partial charge in [0.05, 0.1) is 12.7 Å². The zero-order valence-corrected chi connectivity index (χ0v) is 14.7. The van der Waals surface area contributed by atoms with Gasteiger partial charge < -0.3 is 9.64 Å². The molecule has 1 amide bonds. The third-order valence-corrected chi connectivity index (χ3v) is 4.45. The fraction of sp³-hybridized carbons (Fsp3) is 0.278. The third kappa shape index (κ3) is 2.50. The average Bonchev–Trinajstić information content (AvgIpc) is 3.24. The number of rotatable bonds is 2. The number of fused-ring (bicyclic) bond motifs is 2. The highest BCUT2D eigenvalue weighted by atomic mass is 16.5. The Labute approximate surface area is 149 Å². The van der Waals surface area contributed by atoms with Gasteiger partial charge in [0.1, 0.15) is 0 Å². The molecule has 0 spiro atoms. The van der Waals surface area contributed by atoms with Gasteiger partial charge >= 0.3 is 5.97 Å². The van der Waals surface area contributed by atoms with Gasteiger partial charge in [0, 0.05) is 23.6 Å². The predicted octanol–water partition coefficient (Wildman–Crippen LogP) is 1.73. The second-order valence-electron chi connectivity index (χ2n) is 6.23. The molecule has 8 heteroatoms. The van der Waals surface area contributed by atoms with Crippen LogP contribution in [0.15, 0.2) is 24.3 Å². The molecule has 0 saturated carbocycles. The number of amides is 1. The first-order valence-corrected chi connectivity index (χ1v) is 8.22. The van der Waals surface area contributed by atoms with E-state index in [0.717, 1.165) is 22.6 Å². The minimum atomic E-state index is -0.392. The van der Waals surface area contributed by atoms with Gasteiger partial charge in [-0.15, -0.1) is 5.10 Å². The van der Waals surface area contributed by atoms with E-state index in [1.54, 1.807) is 27.6 Å². The van der Waals surface area contributed by atoms with Gasteiger partial charge in [-0.3, -0.25) is 4.79 Å². The van der Waals surface area contributed by atoms with Crippen LogP contribution in [-0.4, -0.2) is 45.1 Å². The Morgan fingerprint density at radius 2 is 1.96 bits per heavy atom. The maximum absolute atomic E-state index is 12.9. The van der Waals surface area contributed by atoms with Crippen molar-refractivity contribution in [2.45, 2.75) is 20.3 Å². The molecule has 4 rings (SSSR count). The van der Waals surface area contributed by atoms with E-state index < -0.39 is 5.97 Å². The number of nitrogens with zero attached hydrogens (tertiary/aromatic N) is 5. The van der Waals surface area contributed by atoms with E-state index in [0.29, 0.717) is 24.3 Å².